The molecule has 0 aliphatic carbocycles. The highest BCUT2D eigenvalue weighted by molar-refractivity contribution is 7.92. The van der Waals surface area contributed by atoms with Gasteiger partial charge in [-0.2, -0.15) is 0 Å². The van der Waals surface area contributed by atoms with E-state index in [0.717, 1.165) is 23.0 Å². The number of nitrogens with zero attached hydrogens (tertiary/aromatic N) is 4. The second kappa shape index (κ2) is 11.2. The lowest BCUT2D eigenvalue weighted by Crippen LogP contribution is -2.28. The number of amides is 1. The summed E-state index contributed by atoms with van der Waals surface area (Å²) in [6.07, 6.45) is 2.17. The molecule has 8 nitrogen and oxygen atoms in total. The summed E-state index contributed by atoms with van der Waals surface area (Å²) in [4.78, 5) is 22.6. The van der Waals surface area contributed by atoms with Crippen molar-refractivity contribution in [2.75, 3.05) is 36.0 Å². The molecule has 1 N–H and O–H groups in total. The molecule has 1 atom stereocenters. The van der Waals surface area contributed by atoms with Crippen LogP contribution in [0.3, 0.4) is 0 Å². The lowest BCUT2D eigenvalue weighted by atomic mass is 10.0. The number of carbonyl (C=O) groups excluding carboxylic acids is 1. The number of alkyl halides is 3. The van der Waals surface area contributed by atoms with Crippen LogP contribution in [0.15, 0.2) is 54.7 Å². The van der Waals surface area contributed by atoms with Crippen LogP contribution < -0.4 is 9.62 Å². The van der Waals surface area contributed by atoms with Crippen LogP contribution in [0.25, 0.3) is 0 Å². The van der Waals surface area contributed by atoms with E-state index in [9.17, 15) is 26.4 Å². The van der Waals surface area contributed by atoms with Gasteiger partial charge in [-0.1, -0.05) is 18.2 Å². The standard InChI is InChI=1S/C27H30F3N5O3S/c1-27(29,30)23-11-10-22(15-18-6-8-19(9-7-18)26(36)35-14-12-21(28)17-35)33-24(23)32-16-20-5-4-13-31-25(20)34(2)39(3,37)38/h4-11,13,21H,12,14-17H2,1-3H3,(H,32,33). The average Bonchev–Trinajstić information content (AvgIpc) is 3.32. The smallest absolute Gasteiger partial charge is 0.274 e. The van der Waals surface area contributed by atoms with Gasteiger partial charge in [-0.05, 0) is 42.3 Å². The lowest BCUT2D eigenvalue weighted by molar-refractivity contribution is 0.0179. The van der Waals surface area contributed by atoms with Crippen LogP contribution in [0.2, 0.25) is 0 Å². The first-order valence-corrected chi connectivity index (χ1v) is 14.2. The van der Waals surface area contributed by atoms with Gasteiger partial charge in [-0.15, -0.1) is 0 Å². The Hall–Kier alpha value is -3.67. The van der Waals surface area contributed by atoms with Gasteiger partial charge in [0.25, 0.3) is 11.8 Å². The number of rotatable bonds is 9. The summed E-state index contributed by atoms with van der Waals surface area (Å²) in [5.41, 5.74) is 1.97. The average molecular weight is 562 g/mol. The third-order valence-corrected chi connectivity index (χ3v) is 7.71. The second-order valence-electron chi connectivity index (χ2n) is 9.67. The lowest BCUT2D eigenvalue weighted by Gasteiger charge is -2.21. The molecule has 1 aliphatic heterocycles. The van der Waals surface area contributed by atoms with Gasteiger partial charge < -0.3 is 10.2 Å². The van der Waals surface area contributed by atoms with Gasteiger partial charge in [0, 0.05) is 56.5 Å². The van der Waals surface area contributed by atoms with Crippen molar-refractivity contribution in [3.8, 4) is 0 Å². The normalized spacial score (nSPS) is 15.8. The number of aromatic nitrogens is 2. The molecule has 3 aromatic rings. The molecule has 1 fully saturated rings. The van der Waals surface area contributed by atoms with Gasteiger partial charge in [0.15, 0.2) is 0 Å². The number of likely N-dealkylation sites (tertiary alicyclic amines) is 1. The summed E-state index contributed by atoms with van der Waals surface area (Å²) in [6, 6.07) is 13.0. The van der Waals surface area contributed by atoms with Crippen LogP contribution in [-0.2, 0) is 28.9 Å². The van der Waals surface area contributed by atoms with E-state index in [0.29, 0.717) is 36.2 Å². The minimum absolute atomic E-state index is 0.00954. The molecule has 39 heavy (non-hydrogen) atoms. The number of sulfonamides is 1. The van der Waals surface area contributed by atoms with Crippen molar-refractivity contribution >= 4 is 27.6 Å². The zero-order chi connectivity index (χ0) is 28.4. The molecule has 1 aromatic carbocycles. The molecule has 12 heteroatoms. The summed E-state index contributed by atoms with van der Waals surface area (Å²) in [5, 5.41) is 2.93. The largest absolute Gasteiger partial charge is 0.365 e. The Morgan fingerprint density at radius 2 is 1.90 bits per heavy atom. The van der Waals surface area contributed by atoms with Crippen molar-refractivity contribution in [2.24, 2.45) is 0 Å². The molecule has 4 rings (SSSR count). The molecule has 3 heterocycles. The first-order valence-electron chi connectivity index (χ1n) is 12.3. The Morgan fingerprint density at radius 3 is 2.51 bits per heavy atom. The van der Waals surface area contributed by atoms with E-state index in [2.05, 4.69) is 15.3 Å². The fourth-order valence-corrected chi connectivity index (χ4v) is 4.81. The van der Waals surface area contributed by atoms with E-state index >= 15 is 0 Å². The van der Waals surface area contributed by atoms with E-state index < -0.39 is 22.1 Å². The van der Waals surface area contributed by atoms with Crippen molar-refractivity contribution < 1.29 is 26.4 Å². The zero-order valence-electron chi connectivity index (χ0n) is 21.9. The van der Waals surface area contributed by atoms with Gasteiger partial charge >= 0.3 is 0 Å². The minimum atomic E-state index is -3.58. The highest BCUT2D eigenvalue weighted by Crippen LogP contribution is 2.33. The Bertz CT molecular complexity index is 1450. The van der Waals surface area contributed by atoms with E-state index in [4.69, 9.17) is 0 Å². The summed E-state index contributed by atoms with van der Waals surface area (Å²) in [6.45, 7) is 1.28. The fourth-order valence-electron chi connectivity index (χ4n) is 4.33. The molecule has 1 aliphatic rings. The summed E-state index contributed by atoms with van der Waals surface area (Å²) >= 11 is 0. The number of benzene rings is 1. The molecule has 0 radical (unpaired) electrons. The van der Waals surface area contributed by atoms with Crippen molar-refractivity contribution in [3.63, 3.8) is 0 Å². The van der Waals surface area contributed by atoms with E-state index in [1.807, 2.05) is 0 Å². The van der Waals surface area contributed by atoms with Gasteiger partial charge in [0.05, 0.1) is 18.4 Å². The predicted octanol–water partition coefficient (Wildman–Crippen LogP) is 4.37. The molecular weight excluding hydrogens is 531 g/mol. The highest BCUT2D eigenvalue weighted by Gasteiger charge is 2.29. The van der Waals surface area contributed by atoms with E-state index in [-0.39, 0.29) is 36.2 Å². The minimum Gasteiger partial charge on any atom is -0.365 e. The van der Waals surface area contributed by atoms with Crippen molar-refractivity contribution in [2.45, 2.75) is 38.4 Å². The van der Waals surface area contributed by atoms with Gasteiger partial charge in [0.2, 0.25) is 10.0 Å². The third-order valence-electron chi connectivity index (χ3n) is 6.54. The third kappa shape index (κ3) is 6.86. The van der Waals surface area contributed by atoms with E-state index in [1.54, 1.807) is 36.4 Å². The van der Waals surface area contributed by atoms with Gasteiger partial charge in [-0.25, -0.2) is 31.6 Å². The molecule has 208 valence electrons. The number of nitrogens with one attached hydrogen (secondary N) is 1. The fraction of sp³-hybridized carbons (Fsp3) is 0.370. The van der Waals surface area contributed by atoms with Crippen LogP contribution in [0, 0.1) is 0 Å². The van der Waals surface area contributed by atoms with Crippen LogP contribution in [-0.4, -0.2) is 61.8 Å². The number of halogens is 3. The molecular formula is C27H30F3N5O3S. The quantitative estimate of drug-likeness (QED) is 0.417. The number of hydrogen-bond acceptors (Lipinski definition) is 6. The number of anilines is 2. The Kier molecular flexibility index (Phi) is 8.15. The number of pyridine rings is 2. The van der Waals surface area contributed by atoms with Crippen LogP contribution in [0.1, 0.15) is 46.1 Å². The molecule has 0 spiro atoms. The number of carbonyl (C=O) groups is 1. The van der Waals surface area contributed by atoms with E-state index in [1.165, 1.54) is 30.3 Å². The Morgan fingerprint density at radius 1 is 1.18 bits per heavy atom. The molecule has 1 unspecified atom stereocenters. The SMILES string of the molecule is CN(c1ncccc1CNc1nc(Cc2ccc(C(=O)N3CCC(F)C3)cc2)ccc1C(C)(F)F)S(C)(=O)=O. The first-order chi connectivity index (χ1) is 18.3. The summed E-state index contributed by atoms with van der Waals surface area (Å²) in [5.74, 6) is -3.25. The molecule has 2 aromatic heterocycles. The maximum absolute atomic E-state index is 14.4. The molecule has 1 amide bonds. The summed E-state index contributed by atoms with van der Waals surface area (Å²) < 4.78 is 67.3. The van der Waals surface area contributed by atoms with Crippen LogP contribution in [0.5, 0.6) is 0 Å². The first kappa shape index (κ1) is 28.3. The van der Waals surface area contributed by atoms with Crippen molar-refractivity contribution in [1.82, 2.24) is 14.9 Å². The maximum Gasteiger partial charge on any atom is 0.274 e. The number of hydrogen-bond donors (Lipinski definition) is 1. The van der Waals surface area contributed by atoms with Gasteiger partial charge in [0.1, 0.15) is 17.8 Å². The van der Waals surface area contributed by atoms with Crippen LogP contribution >= 0.6 is 0 Å². The highest BCUT2D eigenvalue weighted by atomic mass is 32.2. The zero-order valence-corrected chi connectivity index (χ0v) is 22.7. The molecule has 1 saturated heterocycles. The topological polar surface area (TPSA) is 95.5 Å². The predicted molar refractivity (Wildman–Crippen MR) is 143 cm³/mol. The van der Waals surface area contributed by atoms with Gasteiger partial charge in [-0.3, -0.25) is 9.10 Å². The Labute approximate surface area is 225 Å². The maximum atomic E-state index is 14.4. The van der Waals surface area contributed by atoms with Crippen LogP contribution in [0.4, 0.5) is 24.8 Å². The van der Waals surface area contributed by atoms with Crippen molar-refractivity contribution in [1.29, 1.82) is 0 Å². The Balaban J connectivity index is 1.53. The monoisotopic (exact) mass is 561 g/mol. The second-order valence-corrected chi connectivity index (χ2v) is 11.7. The molecule has 0 bridgehead atoms. The van der Waals surface area contributed by atoms with Crippen molar-refractivity contribution in [3.05, 3.63) is 82.7 Å². The molecule has 0 saturated carbocycles. The summed E-state index contributed by atoms with van der Waals surface area (Å²) in [7, 11) is -2.21.